The molecule has 0 unspecified atom stereocenters. The molecule has 14 heavy (non-hydrogen) atoms. The Morgan fingerprint density at radius 3 is 2.71 bits per heavy atom. The van der Waals surface area contributed by atoms with Crippen LogP contribution in [0.15, 0.2) is 23.3 Å². The van der Waals surface area contributed by atoms with E-state index >= 15 is 0 Å². The van der Waals surface area contributed by atoms with Crippen molar-refractivity contribution in [2.45, 2.75) is 13.3 Å². The minimum atomic E-state index is 0.496. The highest BCUT2D eigenvalue weighted by molar-refractivity contribution is 6.65. The molecule has 1 aromatic carbocycles. The maximum Gasteiger partial charge on any atom is 0.126 e. The van der Waals surface area contributed by atoms with Crippen LogP contribution < -0.4 is 5.43 Å². The molecule has 0 spiro atoms. The summed E-state index contributed by atoms with van der Waals surface area (Å²) >= 11 is 17.3. The van der Waals surface area contributed by atoms with E-state index < -0.39 is 0 Å². The topological polar surface area (TPSA) is 24.4 Å². The Morgan fingerprint density at radius 1 is 1.43 bits per heavy atom. The zero-order chi connectivity index (χ0) is 10.6. The van der Waals surface area contributed by atoms with Crippen LogP contribution in [-0.2, 0) is 0 Å². The first kappa shape index (κ1) is 11.6. The SMILES string of the molecule is CCC(Cl)=NNc1ccc(Cl)cc1Cl. The summed E-state index contributed by atoms with van der Waals surface area (Å²) in [7, 11) is 0. The predicted octanol–water partition coefficient (Wildman–Crippen LogP) is 4.37. The number of nitrogens with zero attached hydrogens (tertiary/aromatic N) is 1. The van der Waals surface area contributed by atoms with Crippen LogP contribution in [0.4, 0.5) is 5.69 Å². The number of hydrogen-bond acceptors (Lipinski definition) is 2. The first-order chi connectivity index (χ1) is 6.63. The van der Waals surface area contributed by atoms with Crippen LogP contribution in [0.5, 0.6) is 0 Å². The Morgan fingerprint density at radius 2 is 2.14 bits per heavy atom. The normalized spacial score (nSPS) is 11.6. The third-order valence-electron chi connectivity index (χ3n) is 1.52. The zero-order valence-electron chi connectivity index (χ0n) is 7.52. The summed E-state index contributed by atoms with van der Waals surface area (Å²) in [5.74, 6) is 0. The van der Waals surface area contributed by atoms with Crippen molar-refractivity contribution in [1.29, 1.82) is 0 Å². The minimum absolute atomic E-state index is 0.496. The number of hydrazone groups is 1. The second-order valence-electron chi connectivity index (χ2n) is 2.58. The van der Waals surface area contributed by atoms with Crippen molar-refractivity contribution in [3.63, 3.8) is 0 Å². The van der Waals surface area contributed by atoms with E-state index in [1.54, 1.807) is 18.2 Å². The summed E-state index contributed by atoms with van der Waals surface area (Å²) in [6.07, 6.45) is 0.680. The van der Waals surface area contributed by atoms with Gasteiger partial charge < -0.3 is 0 Å². The van der Waals surface area contributed by atoms with Crippen molar-refractivity contribution in [3.8, 4) is 0 Å². The van der Waals surface area contributed by atoms with Gasteiger partial charge in [0.2, 0.25) is 0 Å². The maximum absolute atomic E-state index is 5.90. The summed E-state index contributed by atoms with van der Waals surface area (Å²) in [6, 6.07) is 5.11. The van der Waals surface area contributed by atoms with Gasteiger partial charge in [0.25, 0.3) is 0 Å². The smallest absolute Gasteiger partial charge is 0.126 e. The lowest BCUT2D eigenvalue weighted by molar-refractivity contribution is 1.25. The van der Waals surface area contributed by atoms with Crippen LogP contribution >= 0.6 is 34.8 Å². The van der Waals surface area contributed by atoms with E-state index in [0.717, 1.165) is 0 Å². The Balaban J connectivity index is 2.77. The predicted molar refractivity (Wildman–Crippen MR) is 63.7 cm³/mol. The van der Waals surface area contributed by atoms with Crippen molar-refractivity contribution < 1.29 is 0 Å². The molecule has 0 amide bonds. The fourth-order valence-electron chi connectivity index (χ4n) is 0.780. The highest BCUT2D eigenvalue weighted by Crippen LogP contribution is 2.25. The van der Waals surface area contributed by atoms with Crippen molar-refractivity contribution >= 4 is 45.7 Å². The highest BCUT2D eigenvalue weighted by Gasteiger charge is 1.99. The van der Waals surface area contributed by atoms with Gasteiger partial charge in [-0.1, -0.05) is 41.7 Å². The maximum atomic E-state index is 5.90. The molecule has 5 heteroatoms. The van der Waals surface area contributed by atoms with Crippen LogP contribution in [0.1, 0.15) is 13.3 Å². The Labute approximate surface area is 97.9 Å². The summed E-state index contributed by atoms with van der Waals surface area (Å²) < 4.78 is 0. The van der Waals surface area contributed by atoms with E-state index in [1.807, 2.05) is 6.92 Å². The Hall–Kier alpha value is -0.440. The monoisotopic (exact) mass is 250 g/mol. The molecule has 0 saturated heterocycles. The number of halogens is 3. The van der Waals surface area contributed by atoms with E-state index in [4.69, 9.17) is 34.8 Å². The molecule has 0 bridgehead atoms. The van der Waals surface area contributed by atoms with Crippen molar-refractivity contribution in [2.24, 2.45) is 5.10 Å². The zero-order valence-corrected chi connectivity index (χ0v) is 9.79. The van der Waals surface area contributed by atoms with Gasteiger partial charge in [-0.3, -0.25) is 5.43 Å². The van der Waals surface area contributed by atoms with Gasteiger partial charge in [-0.05, 0) is 24.6 Å². The average Bonchev–Trinajstić information content (AvgIpc) is 2.16. The molecule has 0 atom stereocenters. The molecule has 0 aliphatic carbocycles. The van der Waals surface area contributed by atoms with Gasteiger partial charge in [0.05, 0.1) is 10.7 Å². The van der Waals surface area contributed by atoms with Crippen LogP contribution in [0.25, 0.3) is 0 Å². The summed E-state index contributed by atoms with van der Waals surface area (Å²) in [4.78, 5) is 0. The first-order valence-electron chi connectivity index (χ1n) is 4.06. The number of rotatable bonds is 3. The third kappa shape index (κ3) is 3.37. The Kier molecular flexibility index (Phi) is 4.52. The Bertz CT molecular complexity index is 350. The van der Waals surface area contributed by atoms with Crippen molar-refractivity contribution in [2.75, 3.05) is 5.43 Å². The van der Waals surface area contributed by atoms with Crippen LogP contribution in [0.2, 0.25) is 10.0 Å². The summed E-state index contributed by atoms with van der Waals surface area (Å²) in [5, 5.41) is 5.51. The fraction of sp³-hybridized carbons (Fsp3) is 0.222. The van der Waals surface area contributed by atoms with Crippen LogP contribution in [0.3, 0.4) is 0 Å². The van der Waals surface area contributed by atoms with E-state index in [-0.39, 0.29) is 0 Å². The molecule has 0 aliphatic heterocycles. The quantitative estimate of drug-likeness (QED) is 0.626. The average molecular weight is 252 g/mol. The molecule has 0 heterocycles. The molecule has 0 fully saturated rings. The number of hydrogen-bond donors (Lipinski definition) is 1. The van der Waals surface area contributed by atoms with Gasteiger partial charge >= 0.3 is 0 Å². The lowest BCUT2D eigenvalue weighted by Gasteiger charge is -2.03. The van der Waals surface area contributed by atoms with Crippen LogP contribution in [-0.4, -0.2) is 5.17 Å². The number of nitrogens with one attached hydrogen (secondary N) is 1. The molecule has 1 rings (SSSR count). The van der Waals surface area contributed by atoms with E-state index in [2.05, 4.69) is 10.5 Å². The van der Waals surface area contributed by atoms with Gasteiger partial charge in [0.1, 0.15) is 5.17 Å². The highest BCUT2D eigenvalue weighted by atomic mass is 35.5. The van der Waals surface area contributed by atoms with Gasteiger partial charge in [0.15, 0.2) is 0 Å². The molecule has 1 aromatic rings. The molecule has 0 aromatic heterocycles. The van der Waals surface area contributed by atoms with Gasteiger partial charge in [-0.2, -0.15) is 5.10 Å². The first-order valence-corrected chi connectivity index (χ1v) is 5.20. The molecule has 1 N–H and O–H groups in total. The van der Waals surface area contributed by atoms with E-state index in [1.165, 1.54) is 0 Å². The molecule has 0 radical (unpaired) electrons. The summed E-state index contributed by atoms with van der Waals surface area (Å²) in [6.45, 7) is 1.91. The third-order valence-corrected chi connectivity index (χ3v) is 2.42. The number of anilines is 1. The van der Waals surface area contributed by atoms with E-state index in [0.29, 0.717) is 27.3 Å². The second kappa shape index (κ2) is 5.44. The van der Waals surface area contributed by atoms with Crippen LogP contribution in [0, 0.1) is 0 Å². The van der Waals surface area contributed by atoms with E-state index in [9.17, 15) is 0 Å². The summed E-state index contributed by atoms with van der Waals surface area (Å²) in [5.41, 5.74) is 3.44. The minimum Gasteiger partial charge on any atom is -0.276 e. The van der Waals surface area contributed by atoms with Gasteiger partial charge in [-0.15, -0.1) is 0 Å². The molecule has 2 nitrogen and oxygen atoms in total. The molecule has 0 aliphatic rings. The van der Waals surface area contributed by atoms with Crippen molar-refractivity contribution in [1.82, 2.24) is 0 Å². The molecular formula is C9H9Cl3N2. The largest absolute Gasteiger partial charge is 0.276 e. The van der Waals surface area contributed by atoms with Crippen molar-refractivity contribution in [3.05, 3.63) is 28.2 Å². The molecule has 0 saturated carbocycles. The van der Waals surface area contributed by atoms with Gasteiger partial charge in [0, 0.05) is 5.02 Å². The second-order valence-corrected chi connectivity index (χ2v) is 3.86. The molecular weight excluding hydrogens is 242 g/mol. The fourth-order valence-corrected chi connectivity index (χ4v) is 1.27. The standard InChI is InChI=1S/C9H9Cl3N2/c1-2-9(12)14-13-8-4-3-6(10)5-7(8)11/h3-5,13H,2H2,1H3. The lowest BCUT2D eigenvalue weighted by atomic mass is 10.3. The van der Waals surface area contributed by atoms with Gasteiger partial charge in [-0.25, -0.2) is 0 Å². The molecule has 76 valence electrons. The lowest BCUT2D eigenvalue weighted by Crippen LogP contribution is -1.94. The number of benzene rings is 1.